The molecule has 4 nitrogen and oxygen atoms in total. The van der Waals surface area contributed by atoms with Crippen molar-refractivity contribution in [1.29, 1.82) is 0 Å². The number of hydrogen-bond acceptors (Lipinski definition) is 3. The fraction of sp³-hybridized carbons (Fsp3) is 0.100. The largest absolute Gasteiger partial charge is 0.354 e. The van der Waals surface area contributed by atoms with Gasteiger partial charge in [-0.25, -0.2) is 4.98 Å². The van der Waals surface area contributed by atoms with Crippen molar-refractivity contribution in [2.24, 2.45) is 0 Å². The van der Waals surface area contributed by atoms with Crippen molar-refractivity contribution in [2.45, 2.75) is 12.8 Å². The van der Waals surface area contributed by atoms with Gasteiger partial charge in [-0.3, -0.25) is 4.79 Å². The van der Waals surface area contributed by atoms with Gasteiger partial charge in [-0.1, -0.05) is 41.9 Å². The van der Waals surface area contributed by atoms with Crippen molar-refractivity contribution >= 4 is 34.7 Å². The summed E-state index contributed by atoms with van der Waals surface area (Å²) in [5.74, 6) is 0.495. The number of aryl methyl sites for hydroxylation is 1. The summed E-state index contributed by atoms with van der Waals surface area (Å²) in [7, 11) is 0. The molecule has 3 rings (SSSR count). The van der Waals surface area contributed by atoms with E-state index in [1.54, 1.807) is 12.3 Å². The molecule has 0 saturated heterocycles. The van der Waals surface area contributed by atoms with E-state index in [1.165, 1.54) is 0 Å². The van der Waals surface area contributed by atoms with Gasteiger partial charge in [0.05, 0.1) is 11.9 Å². The van der Waals surface area contributed by atoms with E-state index in [2.05, 4.69) is 15.6 Å². The highest BCUT2D eigenvalue weighted by Crippen LogP contribution is 2.19. The fourth-order valence-corrected chi connectivity index (χ4v) is 2.48. The van der Waals surface area contributed by atoms with Crippen molar-refractivity contribution in [3.8, 4) is 0 Å². The van der Waals surface area contributed by atoms with Crippen LogP contribution in [0.15, 0.2) is 72.9 Å². The SMILES string of the molecule is O=C(CCc1ccccc1)Nc1ccc(Nc2ccc(Cl)cc2)cn1. The molecule has 5 heteroatoms. The predicted molar refractivity (Wildman–Crippen MR) is 102 cm³/mol. The third-order valence-electron chi connectivity index (χ3n) is 3.65. The lowest BCUT2D eigenvalue weighted by Gasteiger charge is -2.08. The number of amides is 1. The first-order chi connectivity index (χ1) is 12.2. The Bertz CT molecular complexity index is 818. The summed E-state index contributed by atoms with van der Waals surface area (Å²) in [6.07, 6.45) is 2.82. The zero-order valence-electron chi connectivity index (χ0n) is 13.6. The monoisotopic (exact) mass is 351 g/mol. The first kappa shape index (κ1) is 17.0. The highest BCUT2D eigenvalue weighted by Gasteiger charge is 2.04. The Hall–Kier alpha value is -2.85. The van der Waals surface area contributed by atoms with Crippen LogP contribution in [0.2, 0.25) is 5.02 Å². The van der Waals surface area contributed by atoms with Crippen LogP contribution in [0.4, 0.5) is 17.2 Å². The molecular weight excluding hydrogens is 334 g/mol. The number of carbonyl (C=O) groups is 1. The Labute approximate surface area is 151 Å². The van der Waals surface area contributed by atoms with Crippen molar-refractivity contribution in [2.75, 3.05) is 10.6 Å². The van der Waals surface area contributed by atoms with Crippen molar-refractivity contribution in [3.05, 3.63) is 83.5 Å². The third-order valence-corrected chi connectivity index (χ3v) is 3.90. The van der Waals surface area contributed by atoms with Crippen LogP contribution in [0.25, 0.3) is 0 Å². The van der Waals surface area contributed by atoms with Gasteiger partial charge in [0, 0.05) is 17.1 Å². The standard InChI is InChI=1S/C20H18ClN3O/c21-16-7-9-17(10-8-16)23-18-11-12-19(22-14-18)24-20(25)13-6-15-4-2-1-3-5-15/h1-5,7-12,14,23H,6,13H2,(H,22,24,25). The maximum Gasteiger partial charge on any atom is 0.225 e. The summed E-state index contributed by atoms with van der Waals surface area (Å²) < 4.78 is 0. The smallest absolute Gasteiger partial charge is 0.225 e. The fourth-order valence-electron chi connectivity index (χ4n) is 2.35. The lowest BCUT2D eigenvalue weighted by molar-refractivity contribution is -0.116. The molecule has 3 aromatic rings. The molecule has 0 bridgehead atoms. The molecule has 0 aliphatic rings. The lowest BCUT2D eigenvalue weighted by Crippen LogP contribution is -2.13. The van der Waals surface area contributed by atoms with Crippen LogP contribution in [-0.2, 0) is 11.2 Å². The van der Waals surface area contributed by atoms with Gasteiger partial charge in [0.25, 0.3) is 0 Å². The summed E-state index contributed by atoms with van der Waals surface area (Å²) in [6, 6.07) is 21.0. The van der Waals surface area contributed by atoms with Crippen LogP contribution in [0, 0.1) is 0 Å². The Morgan fingerprint density at radius 1 is 0.920 bits per heavy atom. The number of aromatic nitrogens is 1. The van der Waals surface area contributed by atoms with Crippen LogP contribution in [-0.4, -0.2) is 10.9 Å². The number of rotatable bonds is 6. The molecule has 1 heterocycles. The average molecular weight is 352 g/mol. The molecule has 1 amide bonds. The molecule has 2 N–H and O–H groups in total. The molecule has 2 aromatic carbocycles. The number of halogens is 1. The molecule has 0 fully saturated rings. The molecule has 0 aliphatic carbocycles. The van der Waals surface area contributed by atoms with Gasteiger partial charge in [-0.2, -0.15) is 0 Å². The highest BCUT2D eigenvalue weighted by molar-refractivity contribution is 6.30. The molecule has 0 radical (unpaired) electrons. The Morgan fingerprint density at radius 2 is 1.64 bits per heavy atom. The van der Waals surface area contributed by atoms with Gasteiger partial charge in [0.15, 0.2) is 0 Å². The van der Waals surface area contributed by atoms with Gasteiger partial charge < -0.3 is 10.6 Å². The quantitative estimate of drug-likeness (QED) is 0.653. The highest BCUT2D eigenvalue weighted by atomic mass is 35.5. The Morgan fingerprint density at radius 3 is 2.32 bits per heavy atom. The van der Waals surface area contributed by atoms with E-state index in [1.807, 2.05) is 60.7 Å². The first-order valence-electron chi connectivity index (χ1n) is 8.01. The van der Waals surface area contributed by atoms with Gasteiger partial charge in [-0.15, -0.1) is 0 Å². The summed E-state index contributed by atoms with van der Waals surface area (Å²) in [6.45, 7) is 0. The Kier molecular flexibility index (Phi) is 5.65. The lowest BCUT2D eigenvalue weighted by atomic mass is 10.1. The van der Waals surface area contributed by atoms with Crippen LogP contribution < -0.4 is 10.6 Å². The molecule has 0 unspecified atom stereocenters. The zero-order chi connectivity index (χ0) is 17.5. The number of pyridine rings is 1. The van der Waals surface area contributed by atoms with Gasteiger partial charge in [0.1, 0.15) is 5.82 Å². The number of hydrogen-bond donors (Lipinski definition) is 2. The molecule has 1 aromatic heterocycles. The second-order valence-electron chi connectivity index (χ2n) is 5.60. The summed E-state index contributed by atoms with van der Waals surface area (Å²) in [4.78, 5) is 16.3. The number of benzene rings is 2. The van der Waals surface area contributed by atoms with E-state index in [-0.39, 0.29) is 5.91 Å². The van der Waals surface area contributed by atoms with E-state index in [9.17, 15) is 4.79 Å². The number of nitrogens with one attached hydrogen (secondary N) is 2. The summed E-state index contributed by atoms with van der Waals surface area (Å²) in [5.41, 5.74) is 2.91. The van der Waals surface area contributed by atoms with E-state index in [4.69, 9.17) is 11.6 Å². The van der Waals surface area contributed by atoms with Crippen molar-refractivity contribution in [1.82, 2.24) is 4.98 Å². The zero-order valence-corrected chi connectivity index (χ0v) is 14.3. The van der Waals surface area contributed by atoms with Crippen molar-refractivity contribution in [3.63, 3.8) is 0 Å². The minimum absolute atomic E-state index is 0.0465. The molecule has 0 atom stereocenters. The van der Waals surface area contributed by atoms with Gasteiger partial charge >= 0.3 is 0 Å². The second kappa shape index (κ2) is 8.31. The van der Waals surface area contributed by atoms with Crippen LogP contribution in [0.5, 0.6) is 0 Å². The van der Waals surface area contributed by atoms with Crippen LogP contribution in [0.1, 0.15) is 12.0 Å². The average Bonchev–Trinajstić information content (AvgIpc) is 2.64. The van der Waals surface area contributed by atoms with Crippen LogP contribution >= 0.6 is 11.6 Å². The summed E-state index contributed by atoms with van der Waals surface area (Å²) in [5, 5.41) is 6.73. The van der Waals surface area contributed by atoms with E-state index < -0.39 is 0 Å². The first-order valence-corrected chi connectivity index (χ1v) is 8.39. The Balaban J connectivity index is 1.51. The number of anilines is 3. The van der Waals surface area contributed by atoms with E-state index >= 15 is 0 Å². The molecule has 25 heavy (non-hydrogen) atoms. The molecule has 0 spiro atoms. The minimum atomic E-state index is -0.0465. The van der Waals surface area contributed by atoms with Gasteiger partial charge in [-0.05, 0) is 48.4 Å². The van der Waals surface area contributed by atoms with Gasteiger partial charge in [0.2, 0.25) is 5.91 Å². The molecule has 0 saturated carbocycles. The van der Waals surface area contributed by atoms with E-state index in [0.29, 0.717) is 23.7 Å². The molecule has 0 aliphatic heterocycles. The summed E-state index contributed by atoms with van der Waals surface area (Å²) >= 11 is 5.87. The normalized spacial score (nSPS) is 10.3. The second-order valence-corrected chi connectivity index (χ2v) is 6.03. The number of nitrogens with zero attached hydrogens (tertiary/aromatic N) is 1. The van der Waals surface area contributed by atoms with E-state index in [0.717, 1.165) is 16.9 Å². The number of carbonyl (C=O) groups excluding carboxylic acids is 1. The van der Waals surface area contributed by atoms with Crippen molar-refractivity contribution < 1.29 is 4.79 Å². The topological polar surface area (TPSA) is 54.0 Å². The third kappa shape index (κ3) is 5.33. The maximum absolute atomic E-state index is 12.0. The maximum atomic E-state index is 12.0. The molecule has 126 valence electrons. The predicted octanol–water partition coefficient (Wildman–Crippen LogP) is 5.05. The molecular formula is C20H18ClN3O. The minimum Gasteiger partial charge on any atom is -0.354 e. The van der Waals surface area contributed by atoms with Crippen LogP contribution in [0.3, 0.4) is 0 Å².